The Morgan fingerprint density at radius 3 is 2.77 bits per heavy atom. The molecule has 7 nitrogen and oxygen atoms in total. The van der Waals surface area contributed by atoms with Crippen molar-refractivity contribution >= 4 is 28.8 Å². The zero-order valence-electron chi connectivity index (χ0n) is 11.0. The van der Waals surface area contributed by atoms with Gasteiger partial charge in [0, 0.05) is 0 Å². The van der Waals surface area contributed by atoms with Gasteiger partial charge in [-0.05, 0) is 24.3 Å². The van der Waals surface area contributed by atoms with Gasteiger partial charge in [-0.2, -0.15) is 5.10 Å². The molecule has 0 amide bonds. The number of nitrogens with one attached hydrogen (secondary N) is 1. The van der Waals surface area contributed by atoms with E-state index in [9.17, 15) is 14.0 Å². The quantitative estimate of drug-likeness (QED) is 0.557. The number of carboxylic acids is 1. The molecule has 0 atom stereocenters. The van der Waals surface area contributed by atoms with E-state index in [1.807, 2.05) is 0 Å². The summed E-state index contributed by atoms with van der Waals surface area (Å²) in [5, 5.41) is 13.2. The van der Waals surface area contributed by atoms with Crippen LogP contribution in [-0.4, -0.2) is 36.6 Å². The number of fused-ring (bicyclic) bond motifs is 1. The van der Waals surface area contributed by atoms with E-state index in [0.717, 1.165) is 11.8 Å². The first-order valence-electron chi connectivity index (χ1n) is 6.13. The van der Waals surface area contributed by atoms with Crippen molar-refractivity contribution in [3.63, 3.8) is 0 Å². The SMILES string of the molecule is O=C(O)CSc1nc2c(cnn2-c2ccc(F)cc2)c(=O)[nH]1. The Hall–Kier alpha value is -2.68. The van der Waals surface area contributed by atoms with Gasteiger partial charge in [-0.3, -0.25) is 9.59 Å². The minimum atomic E-state index is -1.01. The van der Waals surface area contributed by atoms with E-state index in [-0.39, 0.29) is 27.8 Å². The monoisotopic (exact) mass is 320 g/mol. The minimum Gasteiger partial charge on any atom is -0.481 e. The van der Waals surface area contributed by atoms with E-state index in [1.54, 1.807) is 0 Å². The minimum absolute atomic E-state index is 0.184. The van der Waals surface area contributed by atoms with Gasteiger partial charge in [-0.1, -0.05) is 11.8 Å². The van der Waals surface area contributed by atoms with Crippen LogP contribution in [0.4, 0.5) is 4.39 Å². The maximum Gasteiger partial charge on any atom is 0.313 e. The molecule has 2 heterocycles. The highest BCUT2D eigenvalue weighted by atomic mass is 32.2. The van der Waals surface area contributed by atoms with E-state index >= 15 is 0 Å². The standard InChI is InChI=1S/C13H9FN4O3S/c14-7-1-3-8(4-2-7)18-11-9(5-15-18)12(21)17-13(16-11)22-6-10(19)20/h1-5H,6H2,(H,19,20)(H,16,17,21). The van der Waals surface area contributed by atoms with Crippen molar-refractivity contribution in [3.05, 3.63) is 46.6 Å². The first-order chi connectivity index (χ1) is 10.5. The first-order valence-corrected chi connectivity index (χ1v) is 7.12. The lowest BCUT2D eigenvalue weighted by Crippen LogP contribution is -2.10. The summed E-state index contributed by atoms with van der Waals surface area (Å²) in [5.74, 6) is -1.62. The number of H-pyrrole nitrogens is 1. The zero-order chi connectivity index (χ0) is 15.7. The van der Waals surface area contributed by atoms with Gasteiger partial charge in [-0.25, -0.2) is 14.1 Å². The average molecular weight is 320 g/mol. The fourth-order valence-electron chi connectivity index (χ4n) is 1.87. The fourth-order valence-corrected chi connectivity index (χ4v) is 2.44. The molecular formula is C13H9FN4O3S. The Kier molecular flexibility index (Phi) is 3.63. The number of carboxylic acid groups (broad SMARTS) is 1. The summed E-state index contributed by atoms with van der Waals surface area (Å²) in [6.07, 6.45) is 1.36. The summed E-state index contributed by atoms with van der Waals surface area (Å²) in [4.78, 5) is 29.3. The van der Waals surface area contributed by atoms with Crippen LogP contribution in [0.1, 0.15) is 0 Å². The van der Waals surface area contributed by atoms with Crippen molar-refractivity contribution in [2.24, 2.45) is 0 Å². The maximum absolute atomic E-state index is 13.0. The number of hydrogen-bond acceptors (Lipinski definition) is 5. The molecule has 0 bridgehead atoms. The van der Waals surface area contributed by atoms with Crippen molar-refractivity contribution in [1.29, 1.82) is 0 Å². The zero-order valence-corrected chi connectivity index (χ0v) is 11.8. The number of aromatic nitrogens is 4. The lowest BCUT2D eigenvalue weighted by Gasteiger charge is -2.03. The Bertz CT molecular complexity index is 904. The number of benzene rings is 1. The van der Waals surface area contributed by atoms with Crippen LogP contribution >= 0.6 is 11.8 Å². The van der Waals surface area contributed by atoms with Crippen LogP contribution in [0, 0.1) is 5.82 Å². The van der Waals surface area contributed by atoms with Crippen LogP contribution in [0.5, 0.6) is 0 Å². The van der Waals surface area contributed by atoms with E-state index in [4.69, 9.17) is 5.11 Å². The summed E-state index contributed by atoms with van der Waals surface area (Å²) in [5.41, 5.74) is 0.415. The lowest BCUT2D eigenvalue weighted by molar-refractivity contribution is -0.133. The average Bonchev–Trinajstić information content (AvgIpc) is 2.90. The molecule has 3 rings (SSSR count). The Labute approximate surface area is 126 Å². The summed E-state index contributed by atoms with van der Waals surface area (Å²) in [7, 11) is 0. The molecule has 0 radical (unpaired) electrons. The fraction of sp³-hybridized carbons (Fsp3) is 0.0769. The van der Waals surface area contributed by atoms with E-state index in [0.29, 0.717) is 5.69 Å². The van der Waals surface area contributed by atoms with Crippen molar-refractivity contribution in [1.82, 2.24) is 19.7 Å². The summed E-state index contributed by atoms with van der Waals surface area (Å²) in [6.45, 7) is 0. The molecule has 0 spiro atoms. The van der Waals surface area contributed by atoms with Gasteiger partial charge in [0.25, 0.3) is 5.56 Å². The van der Waals surface area contributed by atoms with Crippen molar-refractivity contribution in [2.75, 3.05) is 5.75 Å². The predicted octanol–water partition coefficient (Wildman–Crippen LogP) is 1.42. The molecule has 0 aliphatic carbocycles. The number of aromatic amines is 1. The number of thioether (sulfide) groups is 1. The molecule has 0 unspecified atom stereocenters. The Morgan fingerprint density at radius 1 is 1.36 bits per heavy atom. The van der Waals surface area contributed by atoms with Crippen LogP contribution < -0.4 is 5.56 Å². The number of hydrogen-bond donors (Lipinski definition) is 2. The molecule has 3 aromatic rings. The van der Waals surface area contributed by atoms with Crippen molar-refractivity contribution in [2.45, 2.75) is 5.16 Å². The predicted molar refractivity (Wildman–Crippen MR) is 77.8 cm³/mol. The second-order valence-electron chi connectivity index (χ2n) is 4.32. The summed E-state index contributed by atoms with van der Waals surface area (Å²) >= 11 is 0.900. The third-order valence-corrected chi connectivity index (χ3v) is 3.68. The summed E-state index contributed by atoms with van der Waals surface area (Å²) < 4.78 is 14.4. The highest BCUT2D eigenvalue weighted by Crippen LogP contribution is 2.17. The van der Waals surface area contributed by atoms with Gasteiger partial charge in [0.15, 0.2) is 10.8 Å². The lowest BCUT2D eigenvalue weighted by atomic mass is 10.3. The molecule has 2 N–H and O–H groups in total. The molecule has 112 valence electrons. The van der Waals surface area contributed by atoms with E-state index in [1.165, 1.54) is 35.1 Å². The number of nitrogens with zero attached hydrogens (tertiary/aromatic N) is 3. The molecule has 1 aromatic carbocycles. The van der Waals surface area contributed by atoms with Crippen LogP contribution in [0.3, 0.4) is 0 Å². The molecule has 0 saturated carbocycles. The smallest absolute Gasteiger partial charge is 0.313 e. The molecule has 0 aliphatic heterocycles. The van der Waals surface area contributed by atoms with Crippen LogP contribution in [0.25, 0.3) is 16.7 Å². The van der Waals surface area contributed by atoms with E-state index in [2.05, 4.69) is 15.1 Å². The molecule has 22 heavy (non-hydrogen) atoms. The van der Waals surface area contributed by atoms with Gasteiger partial charge in [0.1, 0.15) is 11.2 Å². The number of carbonyl (C=O) groups is 1. The molecule has 2 aromatic heterocycles. The van der Waals surface area contributed by atoms with Crippen molar-refractivity contribution in [3.8, 4) is 5.69 Å². The van der Waals surface area contributed by atoms with Gasteiger partial charge in [0.2, 0.25) is 0 Å². The summed E-state index contributed by atoms with van der Waals surface area (Å²) in [6, 6.07) is 5.57. The number of aliphatic carboxylic acids is 1. The Morgan fingerprint density at radius 2 is 2.09 bits per heavy atom. The number of halogens is 1. The highest BCUT2D eigenvalue weighted by Gasteiger charge is 2.12. The van der Waals surface area contributed by atoms with Gasteiger partial charge in [0.05, 0.1) is 17.6 Å². The molecule has 0 aliphatic rings. The maximum atomic E-state index is 13.0. The Balaban J connectivity index is 2.10. The third-order valence-electron chi connectivity index (χ3n) is 2.82. The van der Waals surface area contributed by atoms with Gasteiger partial charge < -0.3 is 10.1 Å². The molecule has 9 heteroatoms. The normalized spacial score (nSPS) is 11.0. The first kappa shape index (κ1) is 14.3. The van der Waals surface area contributed by atoms with Gasteiger partial charge >= 0.3 is 5.97 Å². The topological polar surface area (TPSA) is 101 Å². The molecule has 0 fully saturated rings. The van der Waals surface area contributed by atoms with Gasteiger partial charge in [-0.15, -0.1) is 0 Å². The number of rotatable bonds is 4. The van der Waals surface area contributed by atoms with Crippen molar-refractivity contribution < 1.29 is 14.3 Å². The van der Waals surface area contributed by atoms with Crippen LogP contribution in [0.15, 0.2) is 40.4 Å². The second kappa shape index (κ2) is 5.60. The van der Waals surface area contributed by atoms with E-state index < -0.39 is 11.5 Å². The molecular weight excluding hydrogens is 311 g/mol. The van der Waals surface area contributed by atoms with Crippen LogP contribution in [-0.2, 0) is 4.79 Å². The highest BCUT2D eigenvalue weighted by molar-refractivity contribution is 7.99. The molecule has 0 saturated heterocycles. The van der Waals surface area contributed by atoms with Crippen LogP contribution in [0.2, 0.25) is 0 Å². The largest absolute Gasteiger partial charge is 0.481 e. The third kappa shape index (κ3) is 2.70. The second-order valence-corrected chi connectivity index (χ2v) is 5.29.